The smallest absolute Gasteiger partial charge is 0.381 e. The normalized spacial score (nSPS) is 16.2. The van der Waals surface area contributed by atoms with E-state index in [9.17, 15) is 26.4 Å². The largest absolute Gasteiger partial charge is 0.418 e. The zero-order chi connectivity index (χ0) is 41.5. The van der Waals surface area contributed by atoms with Gasteiger partial charge in [0.2, 0.25) is 0 Å². The Balaban J connectivity index is 1.06. The van der Waals surface area contributed by atoms with Crippen LogP contribution in [0.3, 0.4) is 0 Å². The van der Waals surface area contributed by atoms with Gasteiger partial charge in [0.15, 0.2) is 0 Å². The third-order valence-corrected chi connectivity index (χ3v) is 13.5. The van der Waals surface area contributed by atoms with Crippen molar-refractivity contribution >= 4 is 61.9 Å². The summed E-state index contributed by atoms with van der Waals surface area (Å²) in [5.41, 5.74) is 4.83. The fraction of sp³-hybridized carbons (Fsp3) is 0.386. The van der Waals surface area contributed by atoms with Crippen LogP contribution >= 0.6 is 23.4 Å². The second kappa shape index (κ2) is 19.3. The number of anilines is 3. The number of allylic oxidation sites excluding steroid dienone is 1. The van der Waals surface area contributed by atoms with Crippen LogP contribution in [0.15, 0.2) is 106 Å². The molecule has 6 rings (SSSR count). The third-order valence-electron chi connectivity index (χ3n) is 10.8. The number of nitrogens with one attached hydrogen (secondary N) is 2. The van der Waals surface area contributed by atoms with Crippen LogP contribution in [-0.2, 0) is 16.2 Å². The zero-order valence-electron chi connectivity index (χ0n) is 33.1. The van der Waals surface area contributed by atoms with Crippen molar-refractivity contribution in [2.75, 3.05) is 67.7 Å². The van der Waals surface area contributed by atoms with Gasteiger partial charge in [0.05, 0.1) is 10.5 Å². The molecule has 0 unspecified atom stereocenters. The molecule has 1 atom stereocenters. The quantitative estimate of drug-likeness (QED) is 0.121. The monoisotopic (exact) mass is 853 g/mol. The summed E-state index contributed by atoms with van der Waals surface area (Å²) < 4.78 is 71.6. The maximum atomic E-state index is 14.3. The van der Waals surface area contributed by atoms with Gasteiger partial charge in [0.1, 0.15) is 0 Å². The van der Waals surface area contributed by atoms with Gasteiger partial charge in [-0.05, 0) is 116 Å². The van der Waals surface area contributed by atoms with Crippen molar-refractivity contribution in [1.82, 2.24) is 9.62 Å². The summed E-state index contributed by atoms with van der Waals surface area (Å²) in [6.07, 6.45) is 1.46. The van der Waals surface area contributed by atoms with Gasteiger partial charge in [-0.1, -0.05) is 48.7 Å². The van der Waals surface area contributed by atoms with Gasteiger partial charge < -0.3 is 15.1 Å². The zero-order valence-corrected chi connectivity index (χ0v) is 35.5. The molecule has 0 bridgehead atoms. The number of rotatable bonds is 14. The van der Waals surface area contributed by atoms with E-state index in [1.165, 1.54) is 59.9 Å². The number of nitrogens with zero attached hydrogens (tertiary/aromatic N) is 3. The Kier molecular flexibility index (Phi) is 14.4. The summed E-state index contributed by atoms with van der Waals surface area (Å²) in [7, 11) is -0.765. The molecule has 1 fully saturated rings. The Morgan fingerprint density at radius 2 is 1.60 bits per heavy atom. The highest BCUT2D eigenvalue weighted by Crippen LogP contribution is 2.38. The van der Waals surface area contributed by atoms with Crippen LogP contribution in [0.2, 0.25) is 5.02 Å². The molecule has 1 aliphatic heterocycles. The Morgan fingerprint density at radius 3 is 2.28 bits per heavy atom. The number of amides is 1. The van der Waals surface area contributed by atoms with Gasteiger partial charge in [-0.2, -0.15) is 13.2 Å². The molecule has 2 aliphatic rings. The molecule has 8 nitrogen and oxygen atoms in total. The lowest BCUT2D eigenvalue weighted by Gasteiger charge is -2.37. The lowest BCUT2D eigenvalue weighted by atomic mass is 9.95. The Labute approximate surface area is 349 Å². The standard InChI is InChI=1S/C44H51ClF3N5O3S2/c1-4-35(30-57-38-11-8-10-37(27-38)51(2)3)49-42-22-21-39(28-41(42)44(46,47)48)58(55,56)50-43(54)32-15-19-36(20-16-32)53-25-23-52(24-26-53)29-33-9-6-5-7-12-40(33)31-13-17-34(45)18-14-31/h8,10-11,13-22,27-28,35,49H,4-7,9,12,23-26,29-30H2,1-3H3,(H,50,54)/t35-/m1/s1. The number of carbonyl (C=O) groups is 1. The first kappa shape index (κ1) is 43.4. The summed E-state index contributed by atoms with van der Waals surface area (Å²) in [6.45, 7) is 6.12. The Bertz CT molecular complexity index is 2170. The van der Waals surface area contributed by atoms with E-state index in [1.807, 2.05) is 67.0 Å². The number of hydrogen-bond acceptors (Lipinski definition) is 8. The lowest BCUT2D eigenvalue weighted by molar-refractivity contribution is -0.137. The van der Waals surface area contributed by atoms with Crippen LogP contribution < -0.4 is 19.8 Å². The van der Waals surface area contributed by atoms with Crippen LogP contribution in [-0.4, -0.2) is 77.8 Å². The van der Waals surface area contributed by atoms with Crippen LogP contribution in [0, 0.1) is 0 Å². The number of sulfonamides is 1. The van der Waals surface area contributed by atoms with Gasteiger partial charge in [0, 0.05) is 91.2 Å². The molecule has 4 aromatic carbocycles. The predicted molar refractivity (Wildman–Crippen MR) is 232 cm³/mol. The van der Waals surface area contributed by atoms with E-state index < -0.39 is 32.6 Å². The SMILES string of the molecule is CC[C@H](CSc1cccc(N(C)C)c1)Nc1ccc(S(=O)(=O)NC(=O)c2ccc(N3CCN(CC4=C(c5ccc(Cl)cc5)CCCCC4)CC3)cc2)cc1C(F)(F)F. The third kappa shape index (κ3) is 11.3. The average Bonchev–Trinajstić information content (AvgIpc) is 3.45. The molecule has 1 amide bonds. The van der Waals surface area contributed by atoms with Crippen molar-refractivity contribution in [2.24, 2.45) is 0 Å². The molecule has 0 radical (unpaired) electrons. The summed E-state index contributed by atoms with van der Waals surface area (Å²) >= 11 is 7.69. The minimum Gasteiger partial charge on any atom is -0.381 e. The molecule has 2 N–H and O–H groups in total. The fourth-order valence-corrected chi connectivity index (χ4v) is 9.61. The highest BCUT2D eigenvalue weighted by atomic mass is 35.5. The van der Waals surface area contributed by atoms with Crippen molar-refractivity contribution in [2.45, 2.75) is 67.5 Å². The molecular weight excluding hydrogens is 803 g/mol. The van der Waals surface area contributed by atoms with Crippen molar-refractivity contribution in [3.05, 3.63) is 118 Å². The molecule has 4 aromatic rings. The summed E-state index contributed by atoms with van der Waals surface area (Å²) in [5.74, 6) is -0.442. The second-order valence-electron chi connectivity index (χ2n) is 15.1. The number of hydrogen-bond donors (Lipinski definition) is 2. The van der Waals surface area contributed by atoms with E-state index in [-0.39, 0.29) is 17.3 Å². The van der Waals surface area contributed by atoms with Gasteiger partial charge in [0.25, 0.3) is 15.9 Å². The highest BCUT2D eigenvalue weighted by Gasteiger charge is 2.36. The number of carbonyl (C=O) groups excluding carboxylic acids is 1. The molecule has 14 heteroatoms. The number of halogens is 4. The van der Waals surface area contributed by atoms with E-state index >= 15 is 0 Å². The lowest BCUT2D eigenvalue weighted by Crippen LogP contribution is -2.47. The topological polar surface area (TPSA) is 85.0 Å². The predicted octanol–water partition coefficient (Wildman–Crippen LogP) is 10.1. The fourth-order valence-electron chi connectivity index (χ4n) is 7.40. The van der Waals surface area contributed by atoms with E-state index in [0.29, 0.717) is 18.2 Å². The van der Waals surface area contributed by atoms with Gasteiger partial charge in [-0.25, -0.2) is 13.1 Å². The summed E-state index contributed by atoms with van der Waals surface area (Å²) in [4.78, 5) is 20.2. The highest BCUT2D eigenvalue weighted by molar-refractivity contribution is 7.99. The maximum Gasteiger partial charge on any atom is 0.418 e. The number of thioether (sulfide) groups is 1. The second-order valence-corrected chi connectivity index (χ2v) is 18.3. The molecule has 58 heavy (non-hydrogen) atoms. The van der Waals surface area contributed by atoms with Crippen molar-refractivity contribution in [3.63, 3.8) is 0 Å². The van der Waals surface area contributed by atoms with Crippen molar-refractivity contribution < 1.29 is 26.4 Å². The van der Waals surface area contributed by atoms with Crippen LogP contribution in [0.25, 0.3) is 5.57 Å². The molecule has 1 aliphatic carbocycles. The number of benzene rings is 4. The van der Waals surface area contributed by atoms with E-state index in [2.05, 4.69) is 27.2 Å². The number of piperazine rings is 1. The molecule has 0 spiro atoms. The number of alkyl halides is 3. The van der Waals surface area contributed by atoms with Crippen LogP contribution in [0.4, 0.5) is 30.2 Å². The minimum absolute atomic E-state index is 0.0785. The molecular formula is C44H51ClF3N5O3S2. The first-order chi connectivity index (χ1) is 27.7. The Hall–Kier alpha value is -4.17. The van der Waals surface area contributed by atoms with Gasteiger partial charge >= 0.3 is 6.18 Å². The van der Waals surface area contributed by atoms with Crippen LogP contribution in [0.5, 0.6) is 0 Å². The maximum absolute atomic E-state index is 14.3. The first-order valence-corrected chi connectivity index (χ1v) is 22.5. The molecule has 1 heterocycles. The van der Waals surface area contributed by atoms with Crippen molar-refractivity contribution in [1.29, 1.82) is 0 Å². The first-order valence-electron chi connectivity index (χ1n) is 19.7. The summed E-state index contributed by atoms with van der Waals surface area (Å²) in [5, 5.41) is 3.71. The molecule has 0 saturated carbocycles. The molecule has 310 valence electrons. The van der Waals surface area contributed by atoms with Crippen molar-refractivity contribution in [3.8, 4) is 0 Å². The van der Waals surface area contributed by atoms with Gasteiger partial charge in [-0.15, -0.1) is 11.8 Å². The van der Waals surface area contributed by atoms with Crippen LogP contribution in [0.1, 0.15) is 66.9 Å². The van der Waals surface area contributed by atoms with E-state index in [0.717, 1.165) is 79.0 Å². The average molecular weight is 855 g/mol. The van der Waals surface area contributed by atoms with Gasteiger partial charge in [-0.3, -0.25) is 9.69 Å². The molecule has 0 aromatic heterocycles. The summed E-state index contributed by atoms with van der Waals surface area (Å²) in [6, 6.07) is 25.1. The molecule has 1 saturated heterocycles. The minimum atomic E-state index is -4.85. The van der Waals surface area contributed by atoms with E-state index in [1.54, 1.807) is 12.1 Å². The Morgan fingerprint density at radius 1 is 0.897 bits per heavy atom. The van der Waals surface area contributed by atoms with E-state index in [4.69, 9.17) is 11.6 Å².